The van der Waals surface area contributed by atoms with E-state index in [1.54, 1.807) is 35.7 Å². The topological polar surface area (TPSA) is 52.9 Å². The molecule has 0 aliphatic rings. The highest BCUT2D eigenvalue weighted by Crippen LogP contribution is 2.23. The third-order valence-corrected chi connectivity index (χ3v) is 3.46. The van der Waals surface area contributed by atoms with Gasteiger partial charge in [0.25, 0.3) is 5.91 Å². The van der Waals surface area contributed by atoms with Gasteiger partial charge in [0, 0.05) is 0 Å². The van der Waals surface area contributed by atoms with E-state index in [2.05, 4.69) is 5.32 Å². The smallest absolute Gasteiger partial charge is 0.267 e. The number of nitriles is 1. The molecule has 0 unspecified atom stereocenters. The Labute approximate surface area is 107 Å². The predicted octanol–water partition coefficient (Wildman–Crippen LogP) is 3.53. The summed E-state index contributed by atoms with van der Waals surface area (Å²) in [5.41, 5.74) is 0.915. The molecule has 0 aliphatic carbocycles. The zero-order valence-corrected chi connectivity index (χ0v) is 10.2. The van der Waals surface area contributed by atoms with Gasteiger partial charge in [0.2, 0.25) is 0 Å². The van der Waals surface area contributed by atoms with Crippen molar-refractivity contribution in [2.24, 2.45) is 0 Å². The third-order valence-electron chi connectivity index (χ3n) is 2.12. The molecule has 5 heteroatoms. The van der Waals surface area contributed by atoms with Crippen molar-refractivity contribution >= 4 is 34.5 Å². The Hall–Kier alpha value is -1.83. The number of nitrogens with one attached hydrogen (secondary N) is 1. The van der Waals surface area contributed by atoms with E-state index in [0.29, 0.717) is 21.2 Å². The molecule has 1 aromatic heterocycles. The maximum atomic E-state index is 11.9. The van der Waals surface area contributed by atoms with Gasteiger partial charge in [-0.25, -0.2) is 0 Å². The van der Waals surface area contributed by atoms with Crippen LogP contribution >= 0.6 is 22.9 Å². The fourth-order valence-electron chi connectivity index (χ4n) is 1.32. The van der Waals surface area contributed by atoms with Crippen molar-refractivity contribution in [3.05, 3.63) is 51.2 Å². The minimum absolute atomic E-state index is 0.298. The number of amides is 1. The zero-order chi connectivity index (χ0) is 12.3. The van der Waals surface area contributed by atoms with Crippen molar-refractivity contribution in [2.75, 3.05) is 5.32 Å². The van der Waals surface area contributed by atoms with Crippen LogP contribution in [0.3, 0.4) is 0 Å². The molecule has 0 saturated heterocycles. The Morgan fingerprint density at radius 3 is 2.76 bits per heavy atom. The van der Waals surface area contributed by atoms with Gasteiger partial charge in [-0.1, -0.05) is 23.7 Å². The normalized spacial score (nSPS) is 9.65. The van der Waals surface area contributed by atoms with Crippen LogP contribution in [0.25, 0.3) is 0 Å². The first kappa shape index (κ1) is 11.6. The summed E-state index contributed by atoms with van der Waals surface area (Å²) < 4.78 is 0. The fourth-order valence-corrected chi connectivity index (χ4v) is 2.36. The van der Waals surface area contributed by atoms with Crippen LogP contribution in [0.15, 0.2) is 35.7 Å². The van der Waals surface area contributed by atoms with Crippen LogP contribution in [0.2, 0.25) is 5.02 Å². The number of benzene rings is 1. The maximum Gasteiger partial charge on any atom is 0.267 e. The summed E-state index contributed by atoms with van der Waals surface area (Å²) in [5, 5.41) is 13.7. The molecule has 1 aromatic carbocycles. The minimum Gasteiger partial charge on any atom is -0.320 e. The number of carbonyl (C=O) groups is 1. The molecule has 2 aromatic rings. The molecular weight excluding hydrogens is 256 g/mol. The van der Waals surface area contributed by atoms with Crippen molar-refractivity contribution in [3.63, 3.8) is 0 Å². The fraction of sp³-hybridized carbons (Fsp3) is 0. The lowest BCUT2D eigenvalue weighted by Gasteiger charge is -2.05. The molecule has 0 radical (unpaired) electrons. The van der Waals surface area contributed by atoms with E-state index in [0.717, 1.165) is 0 Å². The molecule has 1 heterocycles. The van der Waals surface area contributed by atoms with Crippen LogP contribution in [-0.4, -0.2) is 5.91 Å². The van der Waals surface area contributed by atoms with E-state index >= 15 is 0 Å². The number of para-hydroxylation sites is 1. The van der Waals surface area contributed by atoms with Gasteiger partial charge in [-0.3, -0.25) is 4.79 Å². The Bertz CT molecular complexity index is 601. The average molecular weight is 263 g/mol. The maximum absolute atomic E-state index is 11.9. The lowest BCUT2D eigenvalue weighted by Crippen LogP contribution is -2.11. The highest BCUT2D eigenvalue weighted by atomic mass is 35.5. The number of halogens is 1. The predicted molar refractivity (Wildman–Crippen MR) is 68.4 cm³/mol. The van der Waals surface area contributed by atoms with Crippen LogP contribution in [0, 0.1) is 11.3 Å². The van der Waals surface area contributed by atoms with Gasteiger partial charge in [0.15, 0.2) is 0 Å². The molecule has 17 heavy (non-hydrogen) atoms. The molecule has 3 nitrogen and oxygen atoms in total. The summed E-state index contributed by atoms with van der Waals surface area (Å²) in [6.07, 6.45) is 0. The second-order valence-corrected chi connectivity index (χ2v) is 4.53. The van der Waals surface area contributed by atoms with Crippen molar-refractivity contribution < 1.29 is 4.79 Å². The first-order chi connectivity index (χ1) is 8.22. The quantitative estimate of drug-likeness (QED) is 0.900. The lowest BCUT2D eigenvalue weighted by molar-refractivity contribution is 0.103. The second kappa shape index (κ2) is 5.00. The van der Waals surface area contributed by atoms with Gasteiger partial charge in [-0.2, -0.15) is 5.26 Å². The molecular formula is C12H7ClN2OS. The van der Waals surface area contributed by atoms with E-state index in [1.807, 2.05) is 6.07 Å². The van der Waals surface area contributed by atoms with E-state index in [9.17, 15) is 4.79 Å². The summed E-state index contributed by atoms with van der Waals surface area (Å²) in [7, 11) is 0. The highest BCUT2D eigenvalue weighted by molar-refractivity contribution is 7.12. The number of thiophene rings is 1. The molecule has 1 amide bonds. The van der Waals surface area contributed by atoms with E-state index in [-0.39, 0.29) is 5.91 Å². The van der Waals surface area contributed by atoms with Crippen LogP contribution in [-0.2, 0) is 0 Å². The Morgan fingerprint density at radius 2 is 2.12 bits per heavy atom. The summed E-state index contributed by atoms with van der Waals surface area (Å²) >= 11 is 7.12. The van der Waals surface area contributed by atoms with Gasteiger partial charge in [0.1, 0.15) is 10.9 Å². The number of carbonyl (C=O) groups excluding carboxylic acids is 1. The number of hydrogen-bond acceptors (Lipinski definition) is 3. The third kappa shape index (κ3) is 2.47. The Balaban J connectivity index is 2.26. The molecule has 0 fully saturated rings. The summed E-state index contributed by atoms with van der Waals surface area (Å²) in [6, 6.07) is 10.5. The number of nitrogens with zero attached hydrogens (tertiary/aromatic N) is 1. The molecule has 84 valence electrons. The van der Waals surface area contributed by atoms with Gasteiger partial charge in [0.05, 0.1) is 16.3 Å². The number of hydrogen-bond donors (Lipinski definition) is 1. The van der Waals surface area contributed by atoms with Crippen molar-refractivity contribution in [3.8, 4) is 6.07 Å². The van der Waals surface area contributed by atoms with Crippen LogP contribution < -0.4 is 5.32 Å². The summed E-state index contributed by atoms with van der Waals surface area (Å²) in [4.78, 5) is 12.3. The van der Waals surface area contributed by atoms with Crippen molar-refractivity contribution in [2.45, 2.75) is 0 Å². The van der Waals surface area contributed by atoms with Crippen LogP contribution in [0.1, 0.15) is 15.2 Å². The SMILES string of the molecule is N#Cc1ccccc1NC(=O)c1sccc1Cl. The van der Waals surface area contributed by atoms with E-state index in [1.165, 1.54) is 11.3 Å². The van der Waals surface area contributed by atoms with Crippen molar-refractivity contribution in [1.29, 1.82) is 5.26 Å². The molecule has 0 aliphatic heterocycles. The lowest BCUT2D eigenvalue weighted by atomic mass is 10.2. The molecule has 1 N–H and O–H groups in total. The molecule has 0 saturated carbocycles. The van der Waals surface area contributed by atoms with E-state index < -0.39 is 0 Å². The Morgan fingerprint density at radius 1 is 1.35 bits per heavy atom. The van der Waals surface area contributed by atoms with Gasteiger partial charge in [-0.05, 0) is 23.6 Å². The standard InChI is InChI=1S/C12H7ClN2OS/c13-9-5-6-17-11(9)12(16)15-10-4-2-1-3-8(10)7-14/h1-6H,(H,15,16). The molecule has 2 rings (SSSR count). The first-order valence-corrected chi connectivity index (χ1v) is 6.01. The highest BCUT2D eigenvalue weighted by Gasteiger charge is 2.13. The molecule has 0 bridgehead atoms. The summed E-state index contributed by atoms with van der Waals surface area (Å²) in [6.45, 7) is 0. The van der Waals surface area contributed by atoms with Gasteiger partial charge < -0.3 is 5.32 Å². The van der Waals surface area contributed by atoms with Gasteiger partial charge >= 0.3 is 0 Å². The summed E-state index contributed by atoms with van der Waals surface area (Å²) in [5.74, 6) is -0.298. The van der Waals surface area contributed by atoms with Crippen LogP contribution in [0.4, 0.5) is 5.69 Å². The van der Waals surface area contributed by atoms with E-state index in [4.69, 9.17) is 16.9 Å². The van der Waals surface area contributed by atoms with Crippen molar-refractivity contribution in [1.82, 2.24) is 0 Å². The average Bonchev–Trinajstić information content (AvgIpc) is 2.76. The minimum atomic E-state index is -0.298. The number of rotatable bonds is 2. The molecule has 0 atom stereocenters. The van der Waals surface area contributed by atoms with Gasteiger partial charge in [-0.15, -0.1) is 11.3 Å². The molecule has 0 spiro atoms. The number of anilines is 1. The second-order valence-electron chi connectivity index (χ2n) is 3.21. The first-order valence-electron chi connectivity index (χ1n) is 4.76. The Kier molecular flexibility index (Phi) is 3.43. The largest absolute Gasteiger partial charge is 0.320 e. The van der Waals surface area contributed by atoms with Crippen LogP contribution in [0.5, 0.6) is 0 Å². The zero-order valence-electron chi connectivity index (χ0n) is 8.61. The monoisotopic (exact) mass is 262 g/mol.